The van der Waals surface area contributed by atoms with Crippen LogP contribution in [0.25, 0.3) is 11.3 Å². The lowest BCUT2D eigenvalue weighted by molar-refractivity contribution is -0.181. The van der Waals surface area contributed by atoms with Crippen LogP contribution in [0.5, 0.6) is 0 Å². The molecule has 0 radical (unpaired) electrons. The van der Waals surface area contributed by atoms with Crippen molar-refractivity contribution in [2.75, 3.05) is 13.1 Å². The minimum absolute atomic E-state index is 0.000536. The second-order valence-corrected chi connectivity index (χ2v) is 23.1. The van der Waals surface area contributed by atoms with Crippen LogP contribution in [0.3, 0.4) is 0 Å². The van der Waals surface area contributed by atoms with Gasteiger partial charge in [0.05, 0.1) is 34.3 Å². The fourth-order valence-corrected chi connectivity index (χ4v) is 14.0. The lowest BCUT2D eigenvalue weighted by Crippen LogP contribution is -2.62. The van der Waals surface area contributed by atoms with Crippen molar-refractivity contribution in [1.82, 2.24) is 4.90 Å². The number of aliphatic hydroxyl groups excluding tert-OH is 1. The number of rotatable bonds is 8. The highest BCUT2D eigenvalue weighted by Crippen LogP contribution is 2.67. The van der Waals surface area contributed by atoms with Crippen LogP contribution in [-0.4, -0.2) is 63.2 Å². The molecule has 8 nitrogen and oxygen atoms in total. The second kappa shape index (κ2) is 16.1. The molecule has 12 heteroatoms. The van der Waals surface area contributed by atoms with E-state index in [-0.39, 0.29) is 57.8 Å². The Morgan fingerprint density at radius 3 is 2.35 bits per heavy atom. The molecule has 2 N–H and O–H groups in total. The molecule has 2 aromatic carbocycles. The Bertz CT molecular complexity index is 2490. The molecule has 1 amide bonds. The maximum Gasteiger partial charge on any atom is 0.416 e. The number of fused-ring (bicyclic) bond motifs is 12. The molecule has 1 aliphatic heterocycles. The van der Waals surface area contributed by atoms with Gasteiger partial charge < -0.3 is 24.3 Å². The summed E-state index contributed by atoms with van der Waals surface area (Å²) in [5, 5.41) is 24.8. The van der Waals surface area contributed by atoms with Gasteiger partial charge in [0.2, 0.25) is 5.78 Å². The quantitative estimate of drug-likeness (QED) is 0.131. The molecular formula is C54H65ClF3NO7. The van der Waals surface area contributed by atoms with Crippen molar-refractivity contribution in [2.24, 2.45) is 39.4 Å². The Balaban J connectivity index is 1.12. The second-order valence-electron chi connectivity index (χ2n) is 22.7. The highest BCUT2D eigenvalue weighted by molar-refractivity contribution is 6.33. The summed E-state index contributed by atoms with van der Waals surface area (Å²) in [7, 11) is 0. The van der Waals surface area contributed by atoms with Gasteiger partial charge in [-0.25, -0.2) is 0 Å². The van der Waals surface area contributed by atoms with Gasteiger partial charge in [-0.15, -0.1) is 0 Å². The molecule has 3 aromatic rings. The van der Waals surface area contributed by atoms with Gasteiger partial charge in [0.25, 0.3) is 5.91 Å². The van der Waals surface area contributed by atoms with E-state index in [0.717, 1.165) is 48.6 Å². The van der Waals surface area contributed by atoms with Crippen molar-refractivity contribution in [1.29, 1.82) is 0 Å². The fraction of sp³-hybridized carbons (Fsp3) is 0.611. The van der Waals surface area contributed by atoms with E-state index < -0.39 is 51.1 Å². The van der Waals surface area contributed by atoms with E-state index in [1.165, 1.54) is 12.1 Å². The lowest BCUT2D eigenvalue weighted by atomic mass is 9.45. The first kappa shape index (κ1) is 47.1. The summed E-state index contributed by atoms with van der Waals surface area (Å²) in [4.78, 5) is 46.0. The summed E-state index contributed by atoms with van der Waals surface area (Å²) >= 11 is 6.40. The molecule has 1 saturated heterocycles. The summed E-state index contributed by atoms with van der Waals surface area (Å²) in [6, 6.07) is 11.5. The number of carbonyl (C=O) groups is 3. The van der Waals surface area contributed by atoms with E-state index in [4.69, 9.17) is 20.8 Å². The van der Waals surface area contributed by atoms with Crippen LogP contribution in [-0.2, 0) is 26.9 Å². The number of benzene rings is 2. The van der Waals surface area contributed by atoms with E-state index in [2.05, 4.69) is 33.8 Å². The molecule has 1 aromatic heterocycles. The third-order valence-corrected chi connectivity index (χ3v) is 19.3. The molecule has 2 heterocycles. The molecule has 9 atom stereocenters. The molecular weight excluding hydrogens is 867 g/mol. The van der Waals surface area contributed by atoms with Gasteiger partial charge in [0.15, 0.2) is 11.4 Å². The van der Waals surface area contributed by atoms with Crippen molar-refractivity contribution in [3.05, 3.63) is 93.2 Å². The Morgan fingerprint density at radius 2 is 1.68 bits per heavy atom. The zero-order valence-corrected chi connectivity index (χ0v) is 40.1. The first-order valence-corrected chi connectivity index (χ1v) is 24.5. The van der Waals surface area contributed by atoms with Gasteiger partial charge in [0.1, 0.15) is 5.76 Å². The zero-order valence-electron chi connectivity index (χ0n) is 39.4. The molecule has 0 unspecified atom stereocenters. The SMILES string of the molecule is CC1=CCC[C@@]2(C)[C@@H](CC[C@@]2(O)CN(C[C@@H]2CC[C@H]3C[C@@H]2C3(C)C)C(=O)[C@@]23CC[C@@](C)(C(=O)O2)C3(C)C)c2ccc(cc2C(=O)c2ccc(-c3cc(C(F)(F)F)ccc3Cl)o2)C[C@@H](O)CC1. The van der Waals surface area contributed by atoms with Crippen molar-refractivity contribution >= 4 is 29.3 Å². The van der Waals surface area contributed by atoms with Crippen LogP contribution in [0, 0.1) is 39.4 Å². The summed E-state index contributed by atoms with van der Waals surface area (Å²) in [5.41, 5.74) is -3.14. The van der Waals surface area contributed by atoms with Gasteiger partial charge in [-0.2, -0.15) is 13.2 Å². The van der Waals surface area contributed by atoms with Crippen LogP contribution >= 0.6 is 11.6 Å². The van der Waals surface area contributed by atoms with Gasteiger partial charge in [0, 0.05) is 28.5 Å². The van der Waals surface area contributed by atoms with Gasteiger partial charge >= 0.3 is 12.1 Å². The summed E-state index contributed by atoms with van der Waals surface area (Å²) in [6.07, 6.45) is 4.47. The molecule has 7 aliphatic carbocycles. The smallest absolute Gasteiger partial charge is 0.416 e. The van der Waals surface area contributed by atoms with Crippen molar-refractivity contribution in [2.45, 2.75) is 155 Å². The predicted octanol–water partition coefficient (Wildman–Crippen LogP) is 11.9. The Hall–Kier alpha value is -3.93. The summed E-state index contributed by atoms with van der Waals surface area (Å²) in [6.45, 7) is 15.2. The van der Waals surface area contributed by atoms with Gasteiger partial charge in [-0.05, 0) is 168 Å². The number of allylic oxidation sites excluding steroid dienone is 2. The van der Waals surface area contributed by atoms with Gasteiger partial charge in [-0.3, -0.25) is 14.4 Å². The number of ether oxygens (including phenoxy) is 1. The van der Waals surface area contributed by atoms with Crippen LogP contribution in [0.1, 0.15) is 158 Å². The third-order valence-electron chi connectivity index (χ3n) is 18.9. The minimum Gasteiger partial charge on any atom is -0.453 e. The van der Waals surface area contributed by atoms with Crippen LogP contribution < -0.4 is 0 Å². The van der Waals surface area contributed by atoms with Crippen molar-refractivity contribution < 1.29 is 46.9 Å². The first-order chi connectivity index (χ1) is 30.8. The van der Waals surface area contributed by atoms with E-state index in [0.29, 0.717) is 87.3 Å². The van der Waals surface area contributed by atoms with E-state index in [9.17, 15) is 33.0 Å². The number of halogens is 4. The zero-order chi connectivity index (χ0) is 47.6. The number of furan rings is 1. The molecule has 356 valence electrons. The third kappa shape index (κ3) is 7.25. The van der Waals surface area contributed by atoms with Crippen LogP contribution in [0.15, 0.2) is 64.6 Å². The number of alkyl halides is 3. The number of hydrogen-bond donors (Lipinski definition) is 2. The number of esters is 1. The molecule has 5 saturated carbocycles. The van der Waals surface area contributed by atoms with E-state index in [1.807, 2.05) is 37.8 Å². The topological polar surface area (TPSA) is 117 Å². The Morgan fingerprint density at radius 1 is 0.924 bits per heavy atom. The first-order valence-electron chi connectivity index (χ1n) is 24.1. The predicted molar refractivity (Wildman–Crippen MR) is 246 cm³/mol. The monoisotopic (exact) mass is 931 g/mol. The number of amides is 1. The number of ketones is 1. The Labute approximate surface area is 391 Å². The number of carbonyl (C=O) groups excluding carboxylic acids is 3. The summed E-state index contributed by atoms with van der Waals surface area (Å²) < 4.78 is 53.6. The average molecular weight is 933 g/mol. The highest BCUT2D eigenvalue weighted by atomic mass is 35.5. The Kier molecular flexibility index (Phi) is 11.5. The van der Waals surface area contributed by atoms with Crippen LogP contribution in [0.4, 0.5) is 13.2 Å². The maximum absolute atomic E-state index is 15.6. The minimum atomic E-state index is -4.62. The average Bonchev–Trinajstić information content (AvgIpc) is 3.94. The number of aliphatic hydroxyl groups is 2. The number of nitrogens with zero attached hydrogens (tertiary/aromatic N) is 1. The normalized spacial score (nSPS) is 34.5. The van der Waals surface area contributed by atoms with Gasteiger partial charge in [-0.1, -0.05) is 70.0 Å². The van der Waals surface area contributed by atoms with Crippen LogP contribution in [0.2, 0.25) is 5.02 Å². The van der Waals surface area contributed by atoms with Crippen molar-refractivity contribution in [3.63, 3.8) is 0 Å². The van der Waals surface area contributed by atoms with E-state index >= 15 is 4.79 Å². The molecule has 11 rings (SSSR count). The summed E-state index contributed by atoms with van der Waals surface area (Å²) in [5.74, 6) is -0.214. The fourth-order valence-electron chi connectivity index (χ4n) is 13.8. The molecule has 6 fully saturated rings. The molecule has 6 bridgehead atoms. The lowest BCUT2D eigenvalue weighted by Gasteiger charge is -2.61. The van der Waals surface area contributed by atoms with Crippen molar-refractivity contribution in [3.8, 4) is 11.3 Å². The van der Waals surface area contributed by atoms with E-state index in [1.54, 1.807) is 6.07 Å². The highest BCUT2D eigenvalue weighted by Gasteiger charge is 2.76. The number of hydrogen-bond acceptors (Lipinski definition) is 7. The molecule has 8 aliphatic rings. The standard InChI is InChI=1S/C54H65ClF3NO7/c1-31-9-8-21-50(6)40(37-16-11-32(25-36(60)15-10-31)26-38(37)45(61)44-19-18-43(65-44)39-27-35(54(56,57)58)14-17-42(39)55)20-22-52(50,64)30-59(29-33-12-13-34-28-41(33)48(34,2)3)46(62)53-24-23-51(7,47(63)66-53)49(53,4)5/h9,11,14,16-19,26-27,33-34,36,40-41,60,64H,8,10,12-13,15,20-25,28-30H2,1-7H3/t33-,34-,36-,40-,41-,50-,51-,52+,53+/m0/s1. The maximum atomic E-state index is 15.6. The largest absolute Gasteiger partial charge is 0.453 e. The molecule has 66 heavy (non-hydrogen) atoms. The molecule has 0 spiro atoms.